The number of nitrogens with one attached hydrogen (secondary N) is 2. The molecule has 1 aromatic heterocycles. The highest BCUT2D eigenvalue weighted by molar-refractivity contribution is 6.31. The number of carbonyl (C=O) groups excluding carboxylic acids is 2. The fourth-order valence-electron chi connectivity index (χ4n) is 4.46. The zero-order chi connectivity index (χ0) is 29.5. The molecule has 0 saturated heterocycles. The van der Waals surface area contributed by atoms with Crippen LogP contribution >= 0.6 is 11.6 Å². The molecule has 0 spiro atoms. The number of amidine groups is 1. The number of aryl methyl sites for hydroxylation is 1. The number of halogens is 2. The van der Waals surface area contributed by atoms with Crippen LogP contribution in [-0.4, -0.2) is 40.4 Å². The van der Waals surface area contributed by atoms with Gasteiger partial charge in [0.2, 0.25) is 0 Å². The lowest BCUT2D eigenvalue weighted by atomic mass is 10.1. The Morgan fingerprint density at radius 3 is 2.49 bits per heavy atom. The second-order valence-electron chi connectivity index (χ2n) is 9.34. The Bertz CT molecular complexity index is 1570. The minimum absolute atomic E-state index is 0.00798. The molecule has 1 heterocycles. The summed E-state index contributed by atoms with van der Waals surface area (Å²) in [6.07, 6.45) is 0.852. The summed E-state index contributed by atoms with van der Waals surface area (Å²) in [5.41, 5.74) is 9.31. The number of nitrogens with two attached hydrogens (primary N) is 1. The number of aromatic nitrogens is 2. The van der Waals surface area contributed by atoms with E-state index in [9.17, 15) is 14.0 Å². The molecule has 4 aromatic rings. The number of rotatable bonds is 12. The third kappa shape index (κ3) is 7.01. The molecule has 1 amide bonds. The van der Waals surface area contributed by atoms with Crippen molar-refractivity contribution in [1.82, 2.24) is 9.55 Å². The highest BCUT2D eigenvalue weighted by Gasteiger charge is 2.22. The smallest absolute Gasteiger partial charge is 0.307 e. The Morgan fingerprint density at radius 1 is 1.10 bits per heavy atom. The third-order valence-electron chi connectivity index (χ3n) is 6.47. The molecule has 0 atom stereocenters. The lowest BCUT2D eigenvalue weighted by Crippen LogP contribution is -2.33. The normalized spacial score (nSPS) is 10.9. The van der Waals surface area contributed by atoms with Gasteiger partial charge in [0.1, 0.15) is 17.5 Å². The zero-order valence-corrected chi connectivity index (χ0v) is 23.7. The van der Waals surface area contributed by atoms with Gasteiger partial charge in [0.25, 0.3) is 5.91 Å². The number of imidazole rings is 1. The molecule has 11 heteroatoms. The monoisotopic (exact) mass is 578 g/mol. The first-order valence-electron chi connectivity index (χ1n) is 13.3. The molecule has 0 aliphatic carbocycles. The van der Waals surface area contributed by atoms with Gasteiger partial charge in [-0.3, -0.25) is 15.0 Å². The van der Waals surface area contributed by atoms with E-state index in [1.54, 1.807) is 31.2 Å². The highest BCUT2D eigenvalue weighted by Crippen LogP contribution is 2.26. The summed E-state index contributed by atoms with van der Waals surface area (Å²) in [6, 6.07) is 16.6. The Hall–Kier alpha value is -4.44. The topological polar surface area (TPSA) is 126 Å². The number of nitrogen functional groups attached to an aromatic ring is 1. The minimum Gasteiger partial charge on any atom is -0.466 e. The van der Waals surface area contributed by atoms with Gasteiger partial charge in [0.15, 0.2) is 0 Å². The Balaban J connectivity index is 1.62. The van der Waals surface area contributed by atoms with Crippen molar-refractivity contribution < 1.29 is 18.7 Å². The Labute approximate surface area is 242 Å². The number of nitrogens with zero attached hydrogens (tertiary/aromatic N) is 3. The molecule has 4 N–H and O–H groups in total. The van der Waals surface area contributed by atoms with Crippen LogP contribution in [-0.2, 0) is 22.6 Å². The van der Waals surface area contributed by atoms with Gasteiger partial charge in [0, 0.05) is 35.6 Å². The van der Waals surface area contributed by atoms with E-state index < -0.39 is 11.8 Å². The fourth-order valence-corrected chi connectivity index (χ4v) is 4.64. The SMILES string of the molecule is CCCn1c(CNc2ccc(C(=N)N)cc2)nc2cc(C(=O)N(CCC(=O)OCC)c3ccc(F)c(Cl)c3)ccc21. The lowest BCUT2D eigenvalue weighted by Gasteiger charge is -2.23. The van der Waals surface area contributed by atoms with E-state index >= 15 is 0 Å². The third-order valence-corrected chi connectivity index (χ3v) is 6.76. The molecule has 0 radical (unpaired) electrons. The standard InChI is InChI=1S/C30H32ClFN6O3/c1-3-14-38-26-12-7-20(16-25(26)36-27(38)18-35-21-8-5-19(6-9-21)29(33)34)30(40)37(15-13-28(39)41-4-2)22-10-11-24(32)23(31)17-22/h5-12,16-17,35H,3-4,13-15,18H2,1-2H3,(H3,33,34). The molecule has 41 heavy (non-hydrogen) atoms. The van der Waals surface area contributed by atoms with E-state index in [0.29, 0.717) is 28.9 Å². The van der Waals surface area contributed by atoms with Crippen LogP contribution in [0.2, 0.25) is 5.02 Å². The van der Waals surface area contributed by atoms with Crippen LogP contribution in [0.25, 0.3) is 11.0 Å². The highest BCUT2D eigenvalue weighted by atomic mass is 35.5. The van der Waals surface area contributed by atoms with Crippen molar-refractivity contribution in [2.45, 2.75) is 39.8 Å². The van der Waals surface area contributed by atoms with Gasteiger partial charge < -0.3 is 25.3 Å². The molecule has 0 aliphatic rings. The van der Waals surface area contributed by atoms with Gasteiger partial charge in [0.05, 0.1) is 35.6 Å². The van der Waals surface area contributed by atoms with E-state index in [1.807, 2.05) is 18.2 Å². The van der Waals surface area contributed by atoms with E-state index in [0.717, 1.165) is 30.0 Å². The molecule has 4 rings (SSSR count). The first kappa shape index (κ1) is 29.5. The van der Waals surface area contributed by atoms with E-state index in [1.165, 1.54) is 23.1 Å². The van der Waals surface area contributed by atoms with Crippen molar-refractivity contribution >= 4 is 51.7 Å². The summed E-state index contributed by atoms with van der Waals surface area (Å²) in [5.74, 6) is -0.623. The summed E-state index contributed by atoms with van der Waals surface area (Å²) in [6.45, 7) is 5.23. The summed E-state index contributed by atoms with van der Waals surface area (Å²) in [4.78, 5) is 32.0. The lowest BCUT2D eigenvalue weighted by molar-refractivity contribution is -0.142. The molecule has 0 fully saturated rings. The van der Waals surface area contributed by atoms with Crippen LogP contribution < -0.4 is 16.0 Å². The zero-order valence-electron chi connectivity index (χ0n) is 22.9. The van der Waals surface area contributed by atoms with Crippen molar-refractivity contribution in [2.24, 2.45) is 5.73 Å². The molecule has 9 nitrogen and oxygen atoms in total. The molecule has 214 valence electrons. The molecule has 0 aliphatic heterocycles. The number of hydrogen-bond donors (Lipinski definition) is 3. The molecular weight excluding hydrogens is 547 g/mol. The fraction of sp³-hybridized carbons (Fsp3) is 0.267. The predicted molar refractivity (Wildman–Crippen MR) is 159 cm³/mol. The van der Waals surface area contributed by atoms with Gasteiger partial charge in [-0.1, -0.05) is 18.5 Å². The van der Waals surface area contributed by atoms with Gasteiger partial charge in [-0.25, -0.2) is 9.37 Å². The number of carbonyl (C=O) groups is 2. The number of esters is 1. The summed E-state index contributed by atoms with van der Waals surface area (Å²) in [5, 5.41) is 10.8. The Kier molecular flexibility index (Phi) is 9.57. The average Bonchev–Trinajstić information content (AvgIpc) is 3.30. The molecule has 0 saturated carbocycles. The van der Waals surface area contributed by atoms with Gasteiger partial charge in [-0.05, 0) is 74.0 Å². The summed E-state index contributed by atoms with van der Waals surface area (Å²) in [7, 11) is 0. The van der Waals surface area contributed by atoms with Crippen molar-refractivity contribution in [2.75, 3.05) is 23.4 Å². The average molecular weight is 579 g/mol. The van der Waals surface area contributed by atoms with Crippen molar-refractivity contribution in [1.29, 1.82) is 5.41 Å². The number of fused-ring (bicyclic) bond motifs is 1. The number of ether oxygens (including phenoxy) is 1. The maximum atomic E-state index is 13.9. The number of anilines is 2. The van der Waals surface area contributed by atoms with Crippen LogP contribution in [0.15, 0.2) is 60.7 Å². The molecule has 3 aromatic carbocycles. The van der Waals surface area contributed by atoms with Crippen LogP contribution in [0.5, 0.6) is 0 Å². The largest absolute Gasteiger partial charge is 0.466 e. The maximum Gasteiger partial charge on any atom is 0.307 e. The van der Waals surface area contributed by atoms with Crippen LogP contribution in [0.3, 0.4) is 0 Å². The van der Waals surface area contributed by atoms with Crippen molar-refractivity contribution in [3.63, 3.8) is 0 Å². The number of hydrogen-bond acceptors (Lipinski definition) is 6. The summed E-state index contributed by atoms with van der Waals surface area (Å²) >= 11 is 6.01. The van der Waals surface area contributed by atoms with Gasteiger partial charge >= 0.3 is 5.97 Å². The van der Waals surface area contributed by atoms with Crippen molar-refractivity contribution in [3.8, 4) is 0 Å². The second-order valence-corrected chi connectivity index (χ2v) is 9.75. The predicted octanol–water partition coefficient (Wildman–Crippen LogP) is 5.73. The summed E-state index contributed by atoms with van der Waals surface area (Å²) < 4.78 is 21.0. The second kappa shape index (κ2) is 13.3. The number of amides is 1. The maximum absolute atomic E-state index is 13.9. The van der Waals surface area contributed by atoms with E-state index in [2.05, 4.69) is 16.8 Å². The van der Waals surface area contributed by atoms with Gasteiger partial charge in [-0.15, -0.1) is 0 Å². The molecule has 0 unspecified atom stereocenters. The Morgan fingerprint density at radius 2 is 1.83 bits per heavy atom. The van der Waals surface area contributed by atoms with Gasteiger partial charge in [-0.2, -0.15) is 0 Å². The van der Waals surface area contributed by atoms with Crippen LogP contribution in [0, 0.1) is 11.2 Å². The van der Waals surface area contributed by atoms with E-state index in [-0.39, 0.29) is 36.3 Å². The first-order chi connectivity index (χ1) is 19.7. The van der Waals surface area contributed by atoms with E-state index in [4.69, 9.17) is 32.5 Å². The molecule has 0 bridgehead atoms. The molecular formula is C30H32ClFN6O3. The first-order valence-corrected chi connectivity index (χ1v) is 13.7. The number of benzene rings is 3. The quantitative estimate of drug-likeness (QED) is 0.112. The van der Waals surface area contributed by atoms with Crippen LogP contribution in [0.4, 0.5) is 15.8 Å². The van der Waals surface area contributed by atoms with Crippen LogP contribution in [0.1, 0.15) is 48.4 Å². The minimum atomic E-state index is -0.605. The van der Waals surface area contributed by atoms with Crippen molar-refractivity contribution in [3.05, 3.63) is 88.5 Å².